The molecule has 1 saturated heterocycles. The minimum Gasteiger partial charge on any atom is -0.462 e. The number of hydrogen-bond acceptors (Lipinski definition) is 6. The minimum absolute atomic E-state index is 0.0775. The number of benzene rings is 1. The van der Waals surface area contributed by atoms with Crippen LogP contribution in [-0.2, 0) is 14.3 Å². The topological polar surface area (TPSA) is 66.9 Å². The molecule has 0 N–H and O–H groups in total. The standard InChI is InChI=1S/C22H26N2O4S/c1-13(2)28-19(25)12-24-20(26)18(29-21(24)27)10-15-7-8-17-16(9-15)14(3)11-22(4,5)23(17)6/h7-11,13H,12H2,1-6H3/b18-10-. The Morgan fingerprint density at radius 3 is 2.62 bits per heavy atom. The minimum atomic E-state index is -0.594. The van der Waals surface area contributed by atoms with Crippen molar-refractivity contribution in [3.05, 3.63) is 40.3 Å². The van der Waals surface area contributed by atoms with E-state index in [0.29, 0.717) is 4.91 Å². The van der Waals surface area contributed by atoms with Crippen molar-refractivity contribution < 1.29 is 19.1 Å². The van der Waals surface area contributed by atoms with Crippen LogP contribution in [0.4, 0.5) is 10.5 Å². The number of ether oxygens (including phenoxy) is 1. The van der Waals surface area contributed by atoms with Crippen LogP contribution in [-0.4, -0.2) is 47.3 Å². The van der Waals surface area contributed by atoms with Crippen molar-refractivity contribution in [3.63, 3.8) is 0 Å². The summed E-state index contributed by atoms with van der Waals surface area (Å²) in [6.07, 6.45) is 3.62. The highest BCUT2D eigenvalue weighted by Crippen LogP contribution is 2.39. The number of thioether (sulfide) groups is 1. The van der Waals surface area contributed by atoms with E-state index in [0.717, 1.165) is 33.5 Å². The fraction of sp³-hybridized carbons (Fsp3) is 0.409. The Hall–Kier alpha value is -2.54. The van der Waals surface area contributed by atoms with Gasteiger partial charge in [0.2, 0.25) is 0 Å². The molecule has 154 valence electrons. The number of amides is 2. The quantitative estimate of drug-likeness (QED) is 0.540. The first-order chi connectivity index (χ1) is 13.5. The van der Waals surface area contributed by atoms with Crippen LogP contribution in [0.15, 0.2) is 29.2 Å². The highest BCUT2D eigenvalue weighted by Gasteiger charge is 2.37. The zero-order chi connectivity index (χ0) is 21.5. The Bertz CT molecular complexity index is 946. The SMILES string of the molecule is CC1=CC(C)(C)N(C)c2ccc(/C=C3\SC(=O)N(CC(=O)OC(C)C)C3=O)cc21. The molecule has 2 aliphatic rings. The van der Waals surface area contributed by atoms with Gasteiger partial charge in [0.1, 0.15) is 6.54 Å². The van der Waals surface area contributed by atoms with E-state index < -0.39 is 17.1 Å². The third kappa shape index (κ3) is 4.24. The summed E-state index contributed by atoms with van der Waals surface area (Å²) in [6, 6.07) is 5.99. The summed E-state index contributed by atoms with van der Waals surface area (Å²) in [5, 5.41) is -0.461. The van der Waals surface area contributed by atoms with Crippen molar-refractivity contribution in [1.29, 1.82) is 0 Å². The monoisotopic (exact) mass is 414 g/mol. The molecule has 29 heavy (non-hydrogen) atoms. The number of esters is 1. The number of carbonyl (C=O) groups excluding carboxylic acids is 3. The molecule has 2 aliphatic heterocycles. The fourth-order valence-corrected chi connectivity index (χ4v) is 4.32. The van der Waals surface area contributed by atoms with Crippen molar-refractivity contribution in [3.8, 4) is 0 Å². The second-order valence-corrected chi connectivity index (χ2v) is 9.12. The van der Waals surface area contributed by atoms with Crippen LogP contribution in [0.5, 0.6) is 0 Å². The van der Waals surface area contributed by atoms with Gasteiger partial charge in [-0.05, 0) is 75.7 Å². The van der Waals surface area contributed by atoms with Crippen molar-refractivity contribution in [2.24, 2.45) is 0 Å². The molecule has 7 heteroatoms. The molecule has 1 aromatic rings. The van der Waals surface area contributed by atoms with E-state index in [1.807, 2.05) is 18.2 Å². The first kappa shape index (κ1) is 21.2. The average molecular weight is 415 g/mol. The molecule has 0 aliphatic carbocycles. The Labute approximate surface area is 175 Å². The second kappa shape index (κ2) is 7.71. The van der Waals surface area contributed by atoms with Gasteiger partial charge in [-0.25, -0.2) is 0 Å². The largest absolute Gasteiger partial charge is 0.462 e. The van der Waals surface area contributed by atoms with Gasteiger partial charge in [0, 0.05) is 18.3 Å². The molecule has 0 radical (unpaired) electrons. The summed E-state index contributed by atoms with van der Waals surface area (Å²) in [6.45, 7) is 9.46. The maximum atomic E-state index is 12.6. The third-order valence-electron chi connectivity index (χ3n) is 5.07. The van der Waals surface area contributed by atoms with Gasteiger partial charge in [-0.2, -0.15) is 0 Å². The highest BCUT2D eigenvalue weighted by molar-refractivity contribution is 8.18. The summed E-state index contributed by atoms with van der Waals surface area (Å²) in [5.74, 6) is -1.06. The number of nitrogens with zero attached hydrogens (tertiary/aromatic N) is 2. The van der Waals surface area contributed by atoms with Crippen molar-refractivity contribution in [2.75, 3.05) is 18.5 Å². The normalized spacial score (nSPS) is 19.7. The smallest absolute Gasteiger partial charge is 0.326 e. The number of likely N-dealkylation sites (N-methyl/N-ethyl adjacent to an activating group) is 1. The van der Waals surface area contributed by atoms with Crippen molar-refractivity contribution in [1.82, 2.24) is 4.90 Å². The molecule has 1 fully saturated rings. The molecule has 0 atom stereocenters. The van der Waals surface area contributed by atoms with E-state index in [1.54, 1.807) is 19.9 Å². The van der Waals surface area contributed by atoms with E-state index in [4.69, 9.17) is 4.74 Å². The number of rotatable bonds is 4. The number of imide groups is 1. The van der Waals surface area contributed by atoms with Crippen LogP contribution in [0.3, 0.4) is 0 Å². The van der Waals surface area contributed by atoms with Crippen LogP contribution in [0.2, 0.25) is 0 Å². The molecule has 3 rings (SSSR count). The van der Waals surface area contributed by atoms with Crippen molar-refractivity contribution >= 4 is 46.2 Å². The number of anilines is 1. The fourth-order valence-electron chi connectivity index (χ4n) is 3.48. The van der Waals surface area contributed by atoms with E-state index in [2.05, 4.69) is 38.8 Å². The van der Waals surface area contributed by atoms with Gasteiger partial charge in [-0.1, -0.05) is 12.1 Å². The summed E-state index contributed by atoms with van der Waals surface area (Å²) in [4.78, 5) is 40.1. The molecular formula is C22H26N2O4S. The zero-order valence-corrected chi connectivity index (χ0v) is 18.4. The van der Waals surface area contributed by atoms with Gasteiger partial charge in [-0.15, -0.1) is 0 Å². The Morgan fingerprint density at radius 2 is 1.97 bits per heavy atom. The lowest BCUT2D eigenvalue weighted by atomic mass is 9.88. The number of hydrogen-bond donors (Lipinski definition) is 0. The molecule has 0 unspecified atom stereocenters. The Kier molecular flexibility index (Phi) is 5.63. The molecular weight excluding hydrogens is 388 g/mol. The lowest BCUT2D eigenvalue weighted by Crippen LogP contribution is -2.42. The molecule has 1 aromatic carbocycles. The maximum Gasteiger partial charge on any atom is 0.326 e. The van der Waals surface area contributed by atoms with Crippen LogP contribution in [0.1, 0.15) is 45.7 Å². The van der Waals surface area contributed by atoms with Gasteiger partial charge in [-0.3, -0.25) is 19.3 Å². The first-order valence-corrected chi connectivity index (χ1v) is 10.3. The molecule has 0 bridgehead atoms. The molecule has 2 amide bonds. The number of allylic oxidation sites excluding steroid dienone is 1. The summed E-state index contributed by atoms with van der Waals surface area (Å²) >= 11 is 0.842. The lowest BCUT2D eigenvalue weighted by Gasteiger charge is -2.40. The van der Waals surface area contributed by atoms with E-state index in [9.17, 15) is 14.4 Å². The summed E-state index contributed by atoms with van der Waals surface area (Å²) in [5.41, 5.74) is 4.14. The van der Waals surface area contributed by atoms with E-state index >= 15 is 0 Å². The number of fused-ring (bicyclic) bond motifs is 1. The van der Waals surface area contributed by atoms with Crippen LogP contribution in [0, 0.1) is 0 Å². The Morgan fingerprint density at radius 1 is 1.28 bits per heavy atom. The van der Waals surface area contributed by atoms with Crippen LogP contribution < -0.4 is 4.90 Å². The molecule has 0 aromatic heterocycles. The predicted octanol–water partition coefficient (Wildman–Crippen LogP) is 4.31. The molecule has 0 spiro atoms. The summed E-state index contributed by atoms with van der Waals surface area (Å²) in [7, 11) is 2.06. The number of carbonyl (C=O) groups is 3. The molecule has 6 nitrogen and oxygen atoms in total. The van der Waals surface area contributed by atoms with Crippen LogP contribution >= 0.6 is 11.8 Å². The van der Waals surface area contributed by atoms with E-state index in [-0.39, 0.29) is 18.2 Å². The molecule has 0 saturated carbocycles. The van der Waals surface area contributed by atoms with Gasteiger partial charge >= 0.3 is 5.97 Å². The molecule has 2 heterocycles. The van der Waals surface area contributed by atoms with E-state index in [1.165, 1.54) is 5.57 Å². The maximum absolute atomic E-state index is 12.6. The third-order valence-corrected chi connectivity index (χ3v) is 5.97. The van der Waals surface area contributed by atoms with Crippen molar-refractivity contribution in [2.45, 2.75) is 46.3 Å². The average Bonchev–Trinajstić information content (AvgIpc) is 2.86. The highest BCUT2D eigenvalue weighted by atomic mass is 32.2. The predicted molar refractivity (Wildman–Crippen MR) is 116 cm³/mol. The van der Waals surface area contributed by atoms with Gasteiger partial charge in [0.15, 0.2) is 0 Å². The lowest BCUT2D eigenvalue weighted by molar-refractivity contribution is -0.149. The second-order valence-electron chi connectivity index (χ2n) is 8.12. The van der Waals surface area contributed by atoms with Crippen LogP contribution in [0.25, 0.3) is 11.6 Å². The Balaban J connectivity index is 1.85. The van der Waals surface area contributed by atoms with Gasteiger partial charge in [0.25, 0.3) is 11.1 Å². The first-order valence-electron chi connectivity index (χ1n) is 9.52. The van der Waals surface area contributed by atoms with Gasteiger partial charge in [0.05, 0.1) is 16.5 Å². The van der Waals surface area contributed by atoms with Gasteiger partial charge < -0.3 is 9.64 Å². The summed E-state index contributed by atoms with van der Waals surface area (Å²) < 4.78 is 5.04. The zero-order valence-electron chi connectivity index (χ0n) is 17.6.